The molecular weight excluding hydrogens is 396 g/mol. The summed E-state index contributed by atoms with van der Waals surface area (Å²) >= 11 is 3.57. The molecule has 0 bridgehead atoms. The number of para-hydroxylation sites is 2. The number of rotatable bonds is 4. The normalized spacial score (nSPS) is 18.8. The molecule has 0 saturated carbocycles. The van der Waals surface area contributed by atoms with Crippen LogP contribution in [0.4, 0.5) is 11.4 Å². The maximum atomic E-state index is 6.07. The van der Waals surface area contributed by atoms with E-state index in [1.807, 2.05) is 35.4 Å². The Kier molecular flexibility index (Phi) is 5.15. The number of nitrogens with one attached hydrogen (secondary N) is 1. The topological polar surface area (TPSA) is 40.2 Å². The number of ether oxygens (including phenoxy) is 1. The molecule has 4 rings (SSSR count). The Morgan fingerprint density at radius 2 is 1.77 bits per heavy atom. The van der Waals surface area contributed by atoms with Crippen LogP contribution in [-0.4, -0.2) is 49.4 Å². The Labute approximate surface area is 162 Å². The molecule has 7 heteroatoms. The second-order valence-electron chi connectivity index (χ2n) is 6.67. The molecule has 1 unspecified atom stereocenters. The summed E-state index contributed by atoms with van der Waals surface area (Å²) in [7, 11) is 2.13. The van der Waals surface area contributed by atoms with E-state index in [1.165, 1.54) is 0 Å². The molecule has 1 fully saturated rings. The summed E-state index contributed by atoms with van der Waals surface area (Å²) in [5.74, 6) is 1.68. The van der Waals surface area contributed by atoms with Gasteiger partial charge in [-0.05, 0) is 44.3 Å². The second kappa shape index (κ2) is 7.54. The summed E-state index contributed by atoms with van der Waals surface area (Å²) < 4.78 is 7.08. The van der Waals surface area contributed by atoms with E-state index in [4.69, 9.17) is 9.68 Å². The first-order valence-electron chi connectivity index (χ1n) is 8.83. The van der Waals surface area contributed by atoms with Gasteiger partial charge in [0.15, 0.2) is 11.5 Å². The summed E-state index contributed by atoms with van der Waals surface area (Å²) in [6, 6.07) is 14.1. The first kappa shape index (κ1) is 17.8. The zero-order chi connectivity index (χ0) is 18.1. The van der Waals surface area contributed by atoms with Crippen molar-refractivity contribution in [2.24, 2.45) is 0 Å². The Morgan fingerprint density at radius 3 is 2.58 bits per heavy atom. The quantitative estimate of drug-likeness (QED) is 0.762. The molecule has 2 aliphatic heterocycles. The lowest BCUT2D eigenvalue weighted by atomic mass is 10.1. The number of fused-ring (bicyclic) bond motifs is 2. The Hall–Kier alpha value is -1.64. The van der Waals surface area contributed by atoms with E-state index in [0.29, 0.717) is 0 Å². The van der Waals surface area contributed by atoms with Gasteiger partial charge < -0.3 is 14.5 Å². The number of nitrogens with zero attached hydrogens (tertiary/aromatic N) is 3. The minimum absolute atomic E-state index is 0.0762. The van der Waals surface area contributed by atoms with Gasteiger partial charge in [0.05, 0.1) is 11.4 Å². The number of piperazine rings is 1. The average Bonchev–Trinajstić information content (AvgIpc) is 2.65. The maximum absolute atomic E-state index is 6.07. The Morgan fingerprint density at radius 1 is 1.04 bits per heavy atom. The smallest absolute Gasteiger partial charge is 0.151 e. The van der Waals surface area contributed by atoms with Crippen molar-refractivity contribution < 1.29 is 9.68 Å². The van der Waals surface area contributed by atoms with E-state index in [9.17, 15) is 0 Å². The van der Waals surface area contributed by atoms with Gasteiger partial charge in [-0.2, -0.15) is 10.5 Å². The van der Waals surface area contributed by atoms with Crippen LogP contribution >= 0.6 is 15.9 Å². The van der Waals surface area contributed by atoms with Crippen LogP contribution in [0.1, 0.15) is 6.92 Å². The third-order valence-corrected chi connectivity index (χ3v) is 5.22. The van der Waals surface area contributed by atoms with Crippen LogP contribution in [0.15, 0.2) is 46.9 Å². The summed E-state index contributed by atoms with van der Waals surface area (Å²) in [5, 5.41) is 1.98. The average molecular weight is 419 g/mol. The molecule has 1 N–H and O–H groups in total. The van der Waals surface area contributed by atoms with E-state index in [2.05, 4.69) is 57.3 Å². The number of hydrogen-bond acceptors (Lipinski definition) is 6. The number of hydrogen-bond donors (Lipinski definition) is 1. The molecule has 1 atom stereocenters. The van der Waals surface area contributed by atoms with Crippen molar-refractivity contribution in [3.05, 3.63) is 46.9 Å². The van der Waals surface area contributed by atoms with Crippen molar-refractivity contribution in [1.82, 2.24) is 15.4 Å². The molecule has 2 aromatic carbocycles. The molecule has 138 valence electrons. The van der Waals surface area contributed by atoms with Gasteiger partial charge in [-0.25, -0.2) is 4.94 Å². The van der Waals surface area contributed by atoms with Crippen LogP contribution < -0.4 is 15.1 Å². The number of likely N-dealkylation sites (N-methyl/N-ethyl adjacent to an activating group) is 1. The third kappa shape index (κ3) is 3.58. The lowest BCUT2D eigenvalue weighted by Crippen LogP contribution is -2.50. The predicted octanol–water partition coefficient (Wildman–Crippen LogP) is 3.72. The maximum Gasteiger partial charge on any atom is 0.151 e. The number of hydroxylamine groups is 3. The summed E-state index contributed by atoms with van der Waals surface area (Å²) in [6.45, 7) is 5.87. The third-order valence-electron chi connectivity index (χ3n) is 4.73. The van der Waals surface area contributed by atoms with E-state index in [0.717, 1.165) is 53.5 Å². The van der Waals surface area contributed by atoms with Crippen LogP contribution in [0.3, 0.4) is 0 Å². The van der Waals surface area contributed by atoms with Gasteiger partial charge in [0.2, 0.25) is 0 Å². The molecule has 6 nitrogen and oxygen atoms in total. The minimum Gasteiger partial charge on any atom is -0.453 e. The summed E-state index contributed by atoms with van der Waals surface area (Å²) in [4.78, 5) is 10.4. The SMILES string of the molecule is CC(NON1CCN(C)CC1)N1c2ccccc2Oc2ccc(Br)cc21. The Bertz CT molecular complexity index is 780. The Balaban J connectivity index is 1.55. The van der Waals surface area contributed by atoms with Crippen molar-refractivity contribution in [2.75, 3.05) is 38.1 Å². The van der Waals surface area contributed by atoms with Gasteiger partial charge in [0.1, 0.15) is 6.17 Å². The zero-order valence-electron chi connectivity index (χ0n) is 15.0. The number of halogens is 1. The van der Waals surface area contributed by atoms with Crippen molar-refractivity contribution in [2.45, 2.75) is 13.1 Å². The minimum atomic E-state index is -0.0762. The highest BCUT2D eigenvalue weighted by molar-refractivity contribution is 9.10. The van der Waals surface area contributed by atoms with Crippen LogP contribution in [0.25, 0.3) is 0 Å². The van der Waals surface area contributed by atoms with Crippen molar-refractivity contribution in [3.8, 4) is 11.5 Å². The number of benzene rings is 2. The van der Waals surface area contributed by atoms with Gasteiger partial charge >= 0.3 is 0 Å². The largest absolute Gasteiger partial charge is 0.453 e. The highest BCUT2D eigenvalue weighted by atomic mass is 79.9. The molecule has 1 saturated heterocycles. The van der Waals surface area contributed by atoms with E-state index in [-0.39, 0.29) is 6.17 Å². The molecule has 0 spiro atoms. The molecule has 0 aromatic heterocycles. The second-order valence-corrected chi connectivity index (χ2v) is 7.58. The fourth-order valence-corrected chi connectivity index (χ4v) is 3.60. The van der Waals surface area contributed by atoms with Gasteiger partial charge in [-0.3, -0.25) is 0 Å². The highest BCUT2D eigenvalue weighted by Gasteiger charge is 2.28. The van der Waals surface area contributed by atoms with Crippen LogP contribution in [-0.2, 0) is 4.94 Å². The fourth-order valence-electron chi connectivity index (χ4n) is 3.26. The van der Waals surface area contributed by atoms with Crippen LogP contribution in [0.5, 0.6) is 11.5 Å². The van der Waals surface area contributed by atoms with Crippen molar-refractivity contribution >= 4 is 27.3 Å². The van der Waals surface area contributed by atoms with Crippen LogP contribution in [0.2, 0.25) is 0 Å². The first-order valence-corrected chi connectivity index (χ1v) is 9.63. The van der Waals surface area contributed by atoms with Crippen LogP contribution in [0, 0.1) is 0 Å². The molecule has 2 heterocycles. The lowest BCUT2D eigenvalue weighted by Gasteiger charge is -2.38. The van der Waals surface area contributed by atoms with Crippen molar-refractivity contribution in [1.29, 1.82) is 0 Å². The summed E-state index contributed by atoms with van der Waals surface area (Å²) in [5.41, 5.74) is 5.21. The standard InChI is InChI=1S/C19H23BrN4O2/c1-14(21-26-23-11-9-22(2)10-12-23)24-16-5-3-4-6-18(16)25-19-8-7-15(20)13-17(19)24/h3-8,13-14,21H,9-12H2,1-2H3. The van der Waals surface area contributed by atoms with E-state index in [1.54, 1.807) is 0 Å². The molecule has 2 aromatic rings. The number of anilines is 2. The zero-order valence-corrected chi connectivity index (χ0v) is 16.6. The molecular formula is C19H23BrN4O2. The van der Waals surface area contributed by atoms with E-state index >= 15 is 0 Å². The monoisotopic (exact) mass is 418 g/mol. The molecule has 0 amide bonds. The fraction of sp³-hybridized carbons (Fsp3) is 0.368. The van der Waals surface area contributed by atoms with Gasteiger partial charge in [-0.1, -0.05) is 28.1 Å². The first-order chi connectivity index (χ1) is 12.6. The van der Waals surface area contributed by atoms with Gasteiger partial charge in [0.25, 0.3) is 0 Å². The molecule has 0 aliphatic carbocycles. The lowest BCUT2D eigenvalue weighted by molar-refractivity contribution is -0.229. The molecule has 2 aliphatic rings. The summed E-state index contributed by atoms with van der Waals surface area (Å²) in [6.07, 6.45) is -0.0762. The van der Waals surface area contributed by atoms with Crippen molar-refractivity contribution in [3.63, 3.8) is 0 Å². The highest BCUT2D eigenvalue weighted by Crippen LogP contribution is 2.47. The molecule has 0 radical (unpaired) electrons. The molecule has 26 heavy (non-hydrogen) atoms. The van der Waals surface area contributed by atoms with E-state index < -0.39 is 0 Å². The van der Waals surface area contributed by atoms with Gasteiger partial charge in [-0.15, -0.1) is 0 Å². The predicted molar refractivity (Wildman–Crippen MR) is 106 cm³/mol. The van der Waals surface area contributed by atoms with Gasteiger partial charge in [0, 0.05) is 30.7 Å².